The van der Waals surface area contributed by atoms with E-state index in [0.717, 1.165) is 56.9 Å². The molecular weight excluding hydrogens is 319 g/mol. The van der Waals surface area contributed by atoms with Crippen molar-refractivity contribution < 1.29 is 4.74 Å². The van der Waals surface area contributed by atoms with Crippen LogP contribution in [0.5, 0.6) is 5.75 Å². The van der Waals surface area contributed by atoms with E-state index in [1.54, 1.807) is 6.07 Å². The number of nitrogens with one attached hydrogen (secondary N) is 1. The Bertz CT molecular complexity index is 437. The molecule has 0 amide bonds. The molecule has 0 unspecified atom stereocenters. The Labute approximate surface area is 144 Å². The van der Waals surface area contributed by atoms with Crippen LogP contribution in [0.4, 0.5) is 0 Å². The van der Waals surface area contributed by atoms with Gasteiger partial charge in [-0.3, -0.25) is 0 Å². The molecule has 0 atom stereocenters. The lowest BCUT2D eigenvalue weighted by Crippen LogP contribution is -2.27. The van der Waals surface area contributed by atoms with Crippen molar-refractivity contribution in [1.29, 1.82) is 0 Å². The molecule has 3 nitrogen and oxygen atoms in total. The molecule has 0 aliphatic rings. The predicted octanol–water partition coefficient (Wildman–Crippen LogP) is 4.60. The van der Waals surface area contributed by atoms with Crippen LogP contribution in [0, 0.1) is 0 Å². The first-order valence-corrected chi connectivity index (χ1v) is 8.91. The molecule has 0 spiro atoms. The molecule has 1 aromatic carbocycles. The first-order valence-electron chi connectivity index (χ1n) is 8.16. The van der Waals surface area contributed by atoms with Gasteiger partial charge in [0.15, 0.2) is 0 Å². The monoisotopic (exact) mass is 346 g/mol. The molecule has 0 fully saturated rings. The normalized spacial score (nSPS) is 11.2. The minimum absolute atomic E-state index is 0.584. The van der Waals surface area contributed by atoms with Crippen LogP contribution in [-0.4, -0.2) is 37.7 Å². The Balaban J connectivity index is 2.50. The topological polar surface area (TPSA) is 24.5 Å². The van der Waals surface area contributed by atoms with Gasteiger partial charge in [0.2, 0.25) is 0 Å². The van der Waals surface area contributed by atoms with Crippen molar-refractivity contribution in [2.75, 3.05) is 32.8 Å². The van der Waals surface area contributed by atoms with E-state index in [0.29, 0.717) is 16.7 Å². The van der Waals surface area contributed by atoms with Crippen LogP contribution < -0.4 is 10.1 Å². The zero-order chi connectivity index (χ0) is 16.4. The number of benzene rings is 1. The van der Waals surface area contributed by atoms with E-state index in [9.17, 15) is 0 Å². The number of ether oxygens (including phenoxy) is 1. The quantitative estimate of drug-likeness (QED) is 0.592. The molecule has 0 aliphatic heterocycles. The summed E-state index contributed by atoms with van der Waals surface area (Å²) >= 11 is 12.3. The summed E-state index contributed by atoms with van der Waals surface area (Å²) in [6.45, 7) is 12.2. The van der Waals surface area contributed by atoms with Crippen LogP contribution in [0.25, 0.3) is 0 Å². The molecule has 1 aromatic rings. The first-order chi connectivity index (χ1) is 10.6. The summed E-state index contributed by atoms with van der Waals surface area (Å²) in [4.78, 5) is 2.42. The molecule has 1 rings (SSSR count). The van der Waals surface area contributed by atoms with Crippen molar-refractivity contribution in [3.63, 3.8) is 0 Å². The predicted molar refractivity (Wildman–Crippen MR) is 96.4 cm³/mol. The van der Waals surface area contributed by atoms with E-state index in [1.165, 1.54) is 0 Å². The Hall–Kier alpha value is -0.480. The second-order valence-corrected chi connectivity index (χ2v) is 6.13. The third-order valence-electron chi connectivity index (χ3n) is 3.57. The number of nitrogens with zero attached hydrogens (tertiary/aromatic N) is 1. The molecule has 0 saturated carbocycles. The smallest absolute Gasteiger partial charge is 0.142 e. The largest absolute Gasteiger partial charge is 0.492 e. The maximum absolute atomic E-state index is 6.25. The van der Waals surface area contributed by atoms with Gasteiger partial charge in [0.05, 0.1) is 11.6 Å². The zero-order valence-electron chi connectivity index (χ0n) is 13.9. The number of rotatable bonds is 11. The Morgan fingerprint density at radius 3 is 2.50 bits per heavy atom. The number of hydrogen-bond donors (Lipinski definition) is 1. The highest BCUT2D eigenvalue weighted by Crippen LogP contribution is 2.32. The highest BCUT2D eigenvalue weighted by Gasteiger charge is 2.10. The van der Waals surface area contributed by atoms with E-state index < -0.39 is 0 Å². The van der Waals surface area contributed by atoms with Gasteiger partial charge in [-0.05, 0) is 51.2 Å². The molecule has 22 heavy (non-hydrogen) atoms. The Kier molecular flexibility index (Phi) is 9.89. The van der Waals surface area contributed by atoms with Crippen molar-refractivity contribution in [2.45, 2.75) is 40.2 Å². The third-order valence-corrected chi connectivity index (χ3v) is 4.07. The van der Waals surface area contributed by atoms with Crippen LogP contribution >= 0.6 is 23.2 Å². The maximum atomic E-state index is 6.25. The molecule has 0 bridgehead atoms. The van der Waals surface area contributed by atoms with Gasteiger partial charge in [-0.1, -0.05) is 44.0 Å². The van der Waals surface area contributed by atoms with Crippen LogP contribution in [0.2, 0.25) is 10.0 Å². The second kappa shape index (κ2) is 11.1. The summed E-state index contributed by atoms with van der Waals surface area (Å²) in [7, 11) is 0. The lowest BCUT2D eigenvalue weighted by Gasteiger charge is -2.18. The number of hydrogen-bond acceptors (Lipinski definition) is 3. The average Bonchev–Trinajstić information content (AvgIpc) is 2.50. The van der Waals surface area contributed by atoms with Gasteiger partial charge in [-0.2, -0.15) is 0 Å². The average molecular weight is 347 g/mol. The summed E-state index contributed by atoms with van der Waals surface area (Å²) < 4.78 is 5.76. The van der Waals surface area contributed by atoms with Crippen molar-refractivity contribution in [1.82, 2.24) is 10.2 Å². The summed E-state index contributed by atoms with van der Waals surface area (Å²) in [5, 5.41) is 4.68. The Morgan fingerprint density at radius 2 is 1.86 bits per heavy atom. The minimum atomic E-state index is 0.584. The highest BCUT2D eigenvalue weighted by atomic mass is 35.5. The van der Waals surface area contributed by atoms with Crippen molar-refractivity contribution in [3.8, 4) is 5.75 Å². The minimum Gasteiger partial charge on any atom is -0.492 e. The SMILES string of the molecule is CCCOc1c(Cl)cc(Cl)cc1CNCCCN(CC)CC. The van der Waals surface area contributed by atoms with E-state index in [2.05, 4.69) is 31.0 Å². The number of halogens is 2. The molecule has 0 saturated heterocycles. The van der Waals surface area contributed by atoms with Crippen molar-refractivity contribution in [2.24, 2.45) is 0 Å². The van der Waals surface area contributed by atoms with Crippen LogP contribution in [0.3, 0.4) is 0 Å². The molecule has 0 aromatic heterocycles. The first kappa shape index (κ1) is 19.6. The molecule has 126 valence electrons. The molecule has 5 heteroatoms. The van der Waals surface area contributed by atoms with Crippen molar-refractivity contribution in [3.05, 3.63) is 27.7 Å². The standard InChI is InChI=1S/C17H28Cl2N2O/c1-4-10-22-17-14(11-15(18)12-16(17)19)13-20-8-7-9-21(5-2)6-3/h11-12,20H,4-10,13H2,1-3H3. The maximum Gasteiger partial charge on any atom is 0.142 e. The van der Waals surface area contributed by atoms with E-state index >= 15 is 0 Å². The van der Waals surface area contributed by atoms with Gasteiger partial charge in [0, 0.05) is 17.1 Å². The van der Waals surface area contributed by atoms with Gasteiger partial charge in [0.25, 0.3) is 0 Å². The summed E-state index contributed by atoms with van der Waals surface area (Å²) in [6, 6.07) is 3.66. The summed E-state index contributed by atoms with van der Waals surface area (Å²) in [5.74, 6) is 0.754. The summed E-state index contributed by atoms with van der Waals surface area (Å²) in [5.41, 5.74) is 1.02. The summed E-state index contributed by atoms with van der Waals surface area (Å²) in [6.07, 6.45) is 2.08. The van der Waals surface area contributed by atoms with Crippen LogP contribution in [0.1, 0.15) is 39.2 Å². The molecule has 0 heterocycles. The van der Waals surface area contributed by atoms with Crippen LogP contribution in [-0.2, 0) is 6.54 Å². The fourth-order valence-electron chi connectivity index (χ4n) is 2.30. The highest BCUT2D eigenvalue weighted by molar-refractivity contribution is 6.35. The zero-order valence-corrected chi connectivity index (χ0v) is 15.4. The van der Waals surface area contributed by atoms with E-state index in [4.69, 9.17) is 27.9 Å². The van der Waals surface area contributed by atoms with Gasteiger partial charge in [-0.15, -0.1) is 0 Å². The lowest BCUT2D eigenvalue weighted by molar-refractivity contribution is 0.297. The van der Waals surface area contributed by atoms with Gasteiger partial charge in [0.1, 0.15) is 5.75 Å². The van der Waals surface area contributed by atoms with E-state index in [-0.39, 0.29) is 0 Å². The fraction of sp³-hybridized carbons (Fsp3) is 0.647. The molecular formula is C17H28Cl2N2O. The van der Waals surface area contributed by atoms with Gasteiger partial charge >= 0.3 is 0 Å². The second-order valence-electron chi connectivity index (χ2n) is 5.28. The van der Waals surface area contributed by atoms with Gasteiger partial charge < -0.3 is 15.0 Å². The van der Waals surface area contributed by atoms with E-state index in [1.807, 2.05) is 6.07 Å². The van der Waals surface area contributed by atoms with Gasteiger partial charge in [-0.25, -0.2) is 0 Å². The molecule has 0 radical (unpaired) electrons. The third kappa shape index (κ3) is 6.74. The van der Waals surface area contributed by atoms with Crippen LogP contribution in [0.15, 0.2) is 12.1 Å². The lowest BCUT2D eigenvalue weighted by atomic mass is 10.2. The van der Waals surface area contributed by atoms with Crippen molar-refractivity contribution >= 4 is 23.2 Å². The Morgan fingerprint density at radius 1 is 1.14 bits per heavy atom. The fourth-order valence-corrected chi connectivity index (χ4v) is 2.89. The molecule has 0 aliphatic carbocycles. The molecule has 1 N–H and O–H groups in total.